The van der Waals surface area contributed by atoms with Gasteiger partial charge in [-0.25, -0.2) is 0 Å². The molecule has 0 heterocycles. The predicted octanol–water partition coefficient (Wildman–Crippen LogP) is 2.05. The van der Waals surface area contributed by atoms with Gasteiger partial charge in [-0.05, 0) is 30.9 Å². The third-order valence-corrected chi connectivity index (χ3v) is 2.51. The van der Waals surface area contributed by atoms with Crippen molar-refractivity contribution in [1.29, 1.82) is 0 Å². The van der Waals surface area contributed by atoms with Crippen LogP contribution >= 0.6 is 12.4 Å². The van der Waals surface area contributed by atoms with Crippen LogP contribution < -0.4 is 10.6 Å². The molecule has 1 aliphatic rings. The fourth-order valence-electron chi connectivity index (χ4n) is 1.38. The van der Waals surface area contributed by atoms with Crippen molar-refractivity contribution in [2.75, 3.05) is 18.4 Å². The Morgan fingerprint density at radius 1 is 1.25 bits per heavy atom. The van der Waals surface area contributed by atoms with Crippen LogP contribution in [-0.4, -0.2) is 19.0 Å². The first kappa shape index (κ1) is 12.8. The quantitative estimate of drug-likeness (QED) is 0.827. The van der Waals surface area contributed by atoms with Crippen LogP contribution in [0.4, 0.5) is 5.69 Å². The monoisotopic (exact) mass is 240 g/mol. The van der Waals surface area contributed by atoms with Crippen molar-refractivity contribution in [1.82, 2.24) is 5.32 Å². The van der Waals surface area contributed by atoms with Gasteiger partial charge in [-0.2, -0.15) is 0 Å². The molecule has 16 heavy (non-hydrogen) atoms. The number of nitrogens with one attached hydrogen (secondary N) is 2. The van der Waals surface area contributed by atoms with Gasteiger partial charge >= 0.3 is 0 Å². The molecule has 0 bridgehead atoms. The molecule has 0 spiro atoms. The average molecular weight is 241 g/mol. The molecule has 1 aromatic carbocycles. The zero-order valence-corrected chi connectivity index (χ0v) is 9.93. The average Bonchev–Trinajstić information content (AvgIpc) is 3.09. The number of hydrogen-bond donors (Lipinski definition) is 2. The molecule has 0 aromatic heterocycles. The molecule has 88 valence electrons. The number of rotatable bonds is 5. The lowest BCUT2D eigenvalue weighted by Gasteiger charge is -2.06. The van der Waals surface area contributed by atoms with Gasteiger partial charge < -0.3 is 10.6 Å². The van der Waals surface area contributed by atoms with Gasteiger partial charge in [-0.15, -0.1) is 12.4 Å². The van der Waals surface area contributed by atoms with Gasteiger partial charge in [-0.1, -0.05) is 18.2 Å². The highest BCUT2D eigenvalue weighted by Crippen LogP contribution is 2.27. The van der Waals surface area contributed by atoms with Gasteiger partial charge in [0.1, 0.15) is 0 Å². The summed E-state index contributed by atoms with van der Waals surface area (Å²) in [5.41, 5.74) is 0.985. The summed E-state index contributed by atoms with van der Waals surface area (Å²) >= 11 is 0. The minimum atomic E-state index is 0. The number of para-hydroxylation sites is 1. The normalized spacial score (nSPS) is 13.8. The van der Waals surface area contributed by atoms with Crippen LogP contribution in [-0.2, 0) is 4.79 Å². The van der Waals surface area contributed by atoms with E-state index in [4.69, 9.17) is 0 Å². The summed E-state index contributed by atoms with van der Waals surface area (Å²) in [6.07, 6.45) is 2.54. The summed E-state index contributed by atoms with van der Waals surface area (Å²) in [5, 5.41) is 5.99. The maximum Gasteiger partial charge on any atom is 0.239 e. The highest BCUT2D eigenvalue weighted by molar-refractivity contribution is 5.85. The molecule has 1 aromatic rings. The van der Waals surface area contributed by atoms with Gasteiger partial charge in [-0.3, -0.25) is 4.79 Å². The molecule has 1 amide bonds. The Morgan fingerprint density at radius 3 is 2.56 bits per heavy atom. The topological polar surface area (TPSA) is 41.1 Å². The van der Waals surface area contributed by atoms with Crippen LogP contribution in [0.15, 0.2) is 30.3 Å². The van der Waals surface area contributed by atoms with E-state index < -0.39 is 0 Å². The lowest BCUT2D eigenvalue weighted by atomic mass is 10.3. The summed E-state index contributed by atoms with van der Waals surface area (Å²) < 4.78 is 0. The largest absolute Gasteiger partial charge is 0.376 e. The Morgan fingerprint density at radius 2 is 1.94 bits per heavy atom. The lowest BCUT2D eigenvalue weighted by Crippen LogP contribution is -2.31. The van der Waals surface area contributed by atoms with Crippen molar-refractivity contribution < 1.29 is 4.79 Å². The third-order valence-electron chi connectivity index (χ3n) is 2.51. The number of hydrogen-bond acceptors (Lipinski definition) is 2. The number of halogens is 1. The minimum absolute atomic E-state index is 0. The summed E-state index contributed by atoms with van der Waals surface area (Å²) in [6.45, 7) is 1.20. The number of benzene rings is 1. The van der Waals surface area contributed by atoms with Crippen molar-refractivity contribution in [3.05, 3.63) is 30.3 Å². The first-order chi connectivity index (χ1) is 7.34. The lowest BCUT2D eigenvalue weighted by molar-refractivity contribution is -0.119. The van der Waals surface area contributed by atoms with Gasteiger partial charge in [0.2, 0.25) is 5.91 Å². The Kier molecular flexibility index (Phi) is 5.12. The maximum absolute atomic E-state index is 11.4. The van der Waals surface area contributed by atoms with Gasteiger partial charge in [0.05, 0.1) is 6.54 Å². The fourth-order valence-corrected chi connectivity index (χ4v) is 1.38. The van der Waals surface area contributed by atoms with E-state index in [-0.39, 0.29) is 18.3 Å². The highest BCUT2D eigenvalue weighted by Gasteiger charge is 2.21. The van der Waals surface area contributed by atoms with Gasteiger partial charge in [0.15, 0.2) is 0 Å². The summed E-state index contributed by atoms with van der Waals surface area (Å²) in [4.78, 5) is 11.4. The van der Waals surface area contributed by atoms with E-state index in [1.165, 1.54) is 12.8 Å². The fraction of sp³-hybridized carbons (Fsp3) is 0.417. The molecule has 1 fully saturated rings. The standard InChI is InChI=1S/C12H16N2O.ClH/c15-12(14-8-10-6-7-10)9-13-11-4-2-1-3-5-11;/h1-5,10,13H,6-9H2,(H,14,15);1H. The van der Waals surface area contributed by atoms with E-state index in [1.54, 1.807) is 0 Å². The van der Waals surface area contributed by atoms with Crippen LogP contribution in [0.3, 0.4) is 0 Å². The zero-order chi connectivity index (χ0) is 10.5. The summed E-state index contributed by atoms with van der Waals surface area (Å²) in [7, 11) is 0. The van der Waals surface area contributed by atoms with Crippen LogP contribution in [0.1, 0.15) is 12.8 Å². The van der Waals surface area contributed by atoms with Crippen molar-refractivity contribution in [3.8, 4) is 0 Å². The van der Waals surface area contributed by atoms with Crippen molar-refractivity contribution in [2.24, 2.45) is 5.92 Å². The molecule has 4 heteroatoms. The van der Waals surface area contributed by atoms with Crippen LogP contribution in [0.25, 0.3) is 0 Å². The maximum atomic E-state index is 11.4. The SMILES string of the molecule is Cl.O=C(CNc1ccccc1)NCC1CC1. The third kappa shape index (κ3) is 4.53. The van der Waals surface area contributed by atoms with Crippen LogP contribution in [0, 0.1) is 5.92 Å². The molecule has 0 saturated heterocycles. The van der Waals surface area contributed by atoms with Crippen LogP contribution in [0.5, 0.6) is 0 Å². The molecule has 1 saturated carbocycles. The second kappa shape index (κ2) is 6.38. The van der Waals surface area contributed by atoms with E-state index in [0.717, 1.165) is 18.2 Å². The Bertz CT molecular complexity index is 325. The number of carbonyl (C=O) groups excluding carboxylic acids is 1. The molecule has 3 nitrogen and oxygen atoms in total. The summed E-state index contributed by atoms with van der Waals surface area (Å²) in [5.74, 6) is 0.816. The van der Waals surface area contributed by atoms with E-state index >= 15 is 0 Å². The van der Waals surface area contributed by atoms with E-state index in [0.29, 0.717) is 6.54 Å². The number of amides is 1. The molecule has 0 radical (unpaired) electrons. The Hall–Kier alpha value is -1.22. The van der Waals surface area contributed by atoms with Crippen molar-refractivity contribution in [2.45, 2.75) is 12.8 Å². The second-order valence-electron chi connectivity index (χ2n) is 3.97. The van der Waals surface area contributed by atoms with E-state index in [9.17, 15) is 4.79 Å². The molecular weight excluding hydrogens is 224 g/mol. The molecular formula is C12H17ClN2O. The Balaban J connectivity index is 0.00000128. The Labute approximate surface area is 102 Å². The van der Waals surface area contributed by atoms with Crippen molar-refractivity contribution >= 4 is 24.0 Å². The number of anilines is 1. The molecule has 1 aliphatic carbocycles. The second-order valence-corrected chi connectivity index (χ2v) is 3.97. The highest BCUT2D eigenvalue weighted by atomic mass is 35.5. The van der Waals surface area contributed by atoms with E-state index in [2.05, 4.69) is 10.6 Å². The van der Waals surface area contributed by atoms with Gasteiger partial charge in [0, 0.05) is 12.2 Å². The predicted molar refractivity (Wildman–Crippen MR) is 67.9 cm³/mol. The van der Waals surface area contributed by atoms with Crippen LogP contribution in [0.2, 0.25) is 0 Å². The molecule has 2 N–H and O–H groups in total. The zero-order valence-electron chi connectivity index (χ0n) is 9.11. The summed E-state index contributed by atoms with van der Waals surface area (Å²) in [6, 6.07) is 9.76. The van der Waals surface area contributed by atoms with Crippen molar-refractivity contribution in [3.63, 3.8) is 0 Å². The smallest absolute Gasteiger partial charge is 0.239 e. The van der Waals surface area contributed by atoms with E-state index in [1.807, 2.05) is 30.3 Å². The first-order valence-electron chi connectivity index (χ1n) is 5.40. The molecule has 0 atom stereocenters. The molecule has 0 aliphatic heterocycles. The molecule has 0 unspecified atom stereocenters. The minimum Gasteiger partial charge on any atom is -0.376 e. The van der Waals surface area contributed by atoms with Gasteiger partial charge in [0.25, 0.3) is 0 Å². The molecule has 2 rings (SSSR count). The number of carbonyl (C=O) groups is 1. The first-order valence-corrected chi connectivity index (χ1v) is 5.40.